The molecule has 0 bridgehead atoms. The SMILES string of the molecule is CCC.FC(F)OC1=CC=CCC1. The second-order valence-corrected chi connectivity index (χ2v) is 2.69. The summed E-state index contributed by atoms with van der Waals surface area (Å²) in [6.45, 7) is 1.57. The Labute approximate surface area is 78.1 Å². The monoisotopic (exact) mass is 190 g/mol. The van der Waals surface area contributed by atoms with Crippen molar-refractivity contribution < 1.29 is 13.5 Å². The van der Waals surface area contributed by atoms with Gasteiger partial charge in [-0.1, -0.05) is 32.4 Å². The van der Waals surface area contributed by atoms with Gasteiger partial charge in [0.15, 0.2) is 0 Å². The molecule has 1 rings (SSSR count). The number of hydrogen-bond donors (Lipinski definition) is 0. The summed E-state index contributed by atoms with van der Waals surface area (Å²) in [6, 6.07) is 0. The lowest BCUT2D eigenvalue weighted by Gasteiger charge is -2.09. The van der Waals surface area contributed by atoms with Crippen molar-refractivity contribution in [1.29, 1.82) is 0 Å². The summed E-state index contributed by atoms with van der Waals surface area (Å²) >= 11 is 0. The molecule has 0 aromatic carbocycles. The van der Waals surface area contributed by atoms with Gasteiger partial charge in [0.05, 0.1) is 0 Å². The van der Waals surface area contributed by atoms with Gasteiger partial charge in [-0.2, -0.15) is 8.78 Å². The molecular formula is C10H16F2O. The molecule has 0 fully saturated rings. The highest BCUT2D eigenvalue weighted by Gasteiger charge is 2.06. The molecule has 0 unspecified atom stereocenters. The van der Waals surface area contributed by atoms with Crippen LogP contribution in [0.15, 0.2) is 24.0 Å². The summed E-state index contributed by atoms with van der Waals surface area (Å²) in [5.74, 6) is 0.373. The highest BCUT2D eigenvalue weighted by molar-refractivity contribution is 5.12. The van der Waals surface area contributed by atoms with Gasteiger partial charge in [-0.05, 0) is 12.5 Å². The van der Waals surface area contributed by atoms with E-state index in [0.717, 1.165) is 6.42 Å². The second-order valence-electron chi connectivity index (χ2n) is 2.69. The molecule has 0 N–H and O–H groups in total. The number of alkyl halides is 2. The van der Waals surface area contributed by atoms with E-state index in [4.69, 9.17) is 0 Å². The number of hydrogen-bond acceptors (Lipinski definition) is 1. The van der Waals surface area contributed by atoms with E-state index in [9.17, 15) is 8.78 Å². The zero-order valence-electron chi connectivity index (χ0n) is 8.09. The topological polar surface area (TPSA) is 9.23 Å². The first-order valence-electron chi connectivity index (χ1n) is 4.51. The highest BCUT2D eigenvalue weighted by Crippen LogP contribution is 2.15. The van der Waals surface area contributed by atoms with Crippen molar-refractivity contribution in [2.75, 3.05) is 0 Å². The van der Waals surface area contributed by atoms with Crippen LogP contribution in [0.5, 0.6) is 0 Å². The van der Waals surface area contributed by atoms with Crippen LogP contribution < -0.4 is 0 Å². The molecule has 0 spiro atoms. The van der Waals surface area contributed by atoms with Gasteiger partial charge in [0.1, 0.15) is 5.76 Å². The molecular weight excluding hydrogens is 174 g/mol. The van der Waals surface area contributed by atoms with E-state index < -0.39 is 6.61 Å². The number of halogens is 2. The lowest BCUT2D eigenvalue weighted by Crippen LogP contribution is -2.00. The largest absolute Gasteiger partial charge is 0.439 e. The molecule has 0 aliphatic heterocycles. The molecule has 0 heterocycles. The Morgan fingerprint density at radius 1 is 1.46 bits per heavy atom. The first-order chi connectivity index (χ1) is 6.20. The minimum atomic E-state index is -2.68. The zero-order valence-corrected chi connectivity index (χ0v) is 8.09. The van der Waals surface area contributed by atoms with Gasteiger partial charge >= 0.3 is 6.61 Å². The van der Waals surface area contributed by atoms with Crippen molar-refractivity contribution in [3.63, 3.8) is 0 Å². The fraction of sp³-hybridized carbons (Fsp3) is 0.600. The van der Waals surface area contributed by atoms with E-state index in [-0.39, 0.29) is 0 Å². The third-order valence-electron chi connectivity index (χ3n) is 1.22. The lowest BCUT2D eigenvalue weighted by atomic mass is 10.2. The minimum absolute atomic E-state index is 0.373. The first-order valence-corrected chi connectivity index (χ1v) is 4.51. The fourth-order valence-electron chi connectivity index (χ4n) is 0.793. The van der Waals surface area contributed by atoms with Crippen molar-refractivity contribution >= 4 is 0 Å². The van der Waals surface area contributed by atoms with E-state index in [0.29, 0.717) is 12.2 Å². The maximum absolute atomic E-state index is 11.5. The van der Waals surface area contributed by atoms with Gasteiger partial charge < -0.3 is 4.74 Å². The van der Waals surface area contributed by atoms with Crippen molar-refractivity contribution in [3.8, 4) is 0 Å². The van der Waals surface area contributed by atoms with Gasteiger partial charge in [0.25, 0.3) is 0 Å². The Kier molecular flexibility index (Phi) is 7.26. The van der Waals surface area contributed by atoms with Crippen LogP contribution in [0.25, 0.3) is 0 Å². The summed E-state index contributed by atoms with van der Waals surface area (Å²) in [6.07, 6.45) is 7.83. The summed E-state index contributed by atoms with van der Waals surface area (Å²) in [5.41, 5.74) is 0. The van der Waals surface area contributed by atoms with E-state index in [1.807, 2.05) is 6.08 Å². The molecule has 0 amide bonds. The molecule has 1 aliphatic rings. The van der Waals surface area contributed by atoms with Gasteiger partial charge in [-0.15, -0.1) is 0 Å². The summed E-state index contributed by atoms with van der Waals surface area (Å²) in [7, 11) is 0. The normalized spacial score (nSPS) is 14.7. The molecule has 0 aromatic rings. The van der Waals surface area contributed by atoms with Gasteiger partial charge in [-0.3, -0.25) is 0 Å². The molecule has 13 heavy (non-hydrogen) atoms. The summed E-state index contributed by atoms with van der Waals surface area (Å²) in [4.78, 5) is 0. The second kappa shape index (κ2) is 7.77. The molecule has 0 radical (unpaired) electrons. The van der Waals surface area contributed by atoms with Crippen molar-refractivity contribution in [1.82, 2.24) is 0 Å². The number of ether oxygens (including phenoxy) is 1. The Bertz CT molecular complexity index is 174. The van der Waals surface area contributed by atoms with Gasteiger partial charge in [0, 0.05) is 6.42 Å². The molecule has 76 valence electrons. The average molecular weight is 190 g/mol. The van der Waals surface area contributed by atoms with Crippen LogP contribution in [0, 0.1) is 0 Å². The fourth-order valence-corrected chi connectivity index (χ4v) is 0.793. The molecule has 3 heteroatoms. The molecule has 0 saturated heterocycles. The molecule has 0 aromatic heterocycles. The molecule has 1 nitrogen and oxygen atoms in total. The predicted octanol–water partition coefficient (Wildman–Crippen LogP) is 3.88. The molecule has 0 atom stereocenters. The molecule has 0 saturated carbocycles. The first kappa shape index (κ1) is 12.1. The average Bonchev–Trinajstić information content (AvgIpc) is 2.06. The zero-order chi connectivity index (χ0) is 10.1. The smallest absolute Gasteiger partial charge is 0.387 e. The van der Waals surface area contributed by atoms with E-state index in [1.54, 1.807) is 12.2 Å². The number of allylic oxidation sites excluding steroid dienone is 4. The van der Waals surface area contributed by atoms with E-state index in [2.05, 4.69) is 18.6 Å². The van der Waals surface area contributed by atoms with Crippen molar-refractivity contribution in [2.24, 2.45) is 0 Å². The Morgan fingerprint density at radius 3 is 2.46 bits per heavy atom. The van der Waals surface area contributed by atoms with Gasteiger partial charge in [-0.25, -0.2) is 0 Å². The predicted molar refractivity (Wildman–Crippen MR) is 49.5 cm³/mol. The summed E-state index contributed by atoms with van der Waals surface area (Å²) < 4.78 is 27.2. The van der Waals surface area contributed by atoms with Gasteiger partial charge in [0.2, 0.25) is 0 Å². The Morgan fingerprint density at radius 2 is 2.08 bits per heavy atom. The van der Waals surface area contributed by atoms with Crippen LogP contribution in [0.4, 0.5) is 8.78 Å². The summed E-state index contributed by atoms with van der Waals surface area (Å²) in [5, 5.41) is 0. The minimum Gasteiger partial charge on any atom is -0.439 e. The van der Waals surface area contributed by atoms with E-state index in [1.165, 1.54) is 6.42 Å². The van der Waals surface area contributed by atoms with Crippen molar-refractivity contribution in [3.05, 3.63) is 24.0 Å². The van der Waals surface area contributed by atoms with Crippen LogP contribution in [0.1, 0.15) is 33.1 Å². The Hall–Kier alpha value is -0.860. The van der Waals surface area contributed by atoms with Crippen molar-refractivity contribution in [2.45, 2.75) is 39.7 Å². The van der Waals surface area contributed by atoms with E-state index >= 15 is 0 Å². The van der Waals surface area contributed by atoms with Crippen LogP contribution in [-0.2, 0) is 4.74 Å². The third kappa shape index (κ3) is 7.50. The lowest BCUT2D eigenvalue weighted by molar-refractivity contribution is -0.0984. The molecule has 1 aliphatic carbocycles. The quantitative estimate of drug-likeness (QED) is 0.642. The highest BCUT2D eigenvalue weighted by atomic mass is 19.3. The van der Waals surface area contributed by atoms with Crippen LogP contribution >= 0.6 is 0 Å². The van der Waals surface area contributed by atoms with Crippen LogP contribution in [0.2, 0.25) is 0 Å². The van der Waals surface area contributed by atoms with Crippen LogP contribution in [0.3, 0.4) is 0 Å². The third-order valence-corrected chi connectivity index (χ3v) is 1.22. The number of rotatable bonds is 2. The standard InChI is InChI=1S/C7H8F2O.C3H8/c8-7(9)10-6-4-2-1-3-5-6;1-3-2/h1-2,4,7H,3,5H2;3H2,1-2H3. The maximum Gasteiger partial charge on any atom is 0.387 e. The maximum atomic E-state index is 11.5. The Balaban J connectivity index is 0.000000424. The van der Waals surface area contributed by atoms with Crippen LogP contribution in [-0.4, -0.2) is 6.61 Å².